The lowest BCUT2D eigenvalue weighted by Gasteiger charge is -2.15. The van der Waals surface area contributed by atoms with Gasteiger partial charge in [0.25, 0.3) is 6.79 Å². The molecule has 1 aromatic rings. The molecule has 0 saturated carbocycles. The van der Waals surface area contributed by atoms with Crippen LogP contribution in [0.15, 0.2) is 40.9 Å². The zero-order valence-corrected chi connectivity index (χ0v) is 16.9. The molecule has 10 nitrogen and oxygen atoms in total. The first kappa shape index (κ1) is 21.2. The van der Waals surface area contributed by atoms with Gasteiger partial charge in [0.05, 0.1) is 30.1 Å². The van der Waals surface area contributed by atoms with Gasteiger partial charge in [-0.05, 0) is 5.56 Å². The highest BCUT2D eigenvalue weighted by atomic mass is 79.9. The predicted octanol–water partition coefficient (Wildman–Crippen LogP) is 2.79. The van der Waals surface area contributed by atoms with Crippen LogP contribution in [0.2, 0.25) is 0 Å². The molecule has 1 aromatic carbocycles. The monoisotopic (exact) mass is 482 g/mol. The summed E-state index contributed by atoms with van der Waals surface area (Å²) in [6.07, 6.45) is 0. The van der Waals surface area contributed by atoms with Gasteiger partial charge in [-0.1, -0.05) is 62.2 Å². The normalized spacial score (nSPS) is 12.0. The van der Waals surface area contributed by atoms with Gasteiger partial charge in [0.2, 0.25) is 10.6 Å². The summed E-state index contributed by atoms with van der Waals surface area (Å²) in [5.74, 6) is 0. The summed E-state index contributed by atoms with van der Waals surface area (Å²) in [4.78, 5) is 9.97. The summed E-state index contributed by atoms with van der Waals surface area (Å²) in [6, 6.07) is 9.43. The molecule has 12 heteroatoms. The van der Waals surface area contributed by atoms with Crippen LogP contribution in [0.3, 0.4) is 0 Å². The van der Waals surface area contributed by atoms with Crippen LogP contribution in [-0.4, -0.2) is 57.5 Å². The number of benzene rings is 1. The molecule has 0 atom stereocenters. The molecule has 0 spiro atoms. The van der Waals surface area contributed by atoms with Crippen LogP contribution in [0.4, 0.5) is 0 Å². The van der Waals surface area contributed by atoms with Gasteiger partial charge in [-0.3, -0.25) is 9.68 Å². The van der Waals surface area contributed by atoms with Crippen LogP contribution in [-0.2, 0) is 16.2 Å². The number of rotatable bonds is 12. The fourth-order valence-corrected chi connectivity index (χ4v) is 2.49. The molecule has 1 rings (SSSR count). The fourth-order valence-electron chi connectivity index (χ4n) is 1.67. The SMILES string of the molecule is CN(Cc1ccccc1)[N+]([O-])=NOCON=[N+]([O-])N(CCBr)CCBr. The molecule has 0 saturated heterocycles. The summed E-state index contributed by atoms with van der Waals surface area (Å²) in [5.41, 5.74) is 0.952. The van der Waals surface area contributed by atoms with Crippen molar-refractivity contribution in [3.8, 4) is 0 Å². The summed E-state index contributed by atoms with van der Waals surface area (Å²) in [6.45, 7) is 0.829. The molecule has 0 heterocycles. The summed E-state index contributed by atoms with van der Waals surface area (Å²) >= 11 is 6.49. The standard InChI is InChI=1S/C13H20Br2N6O4/c1-18(11-13-5-3-2-4-6-13)20(22)16-24-12-25-17-21(23)19(9-7-14)10-8-15/h2-6H,7-12H2,1H3. The number of hydrogen-bond donors (Lipinski definition) is 0. The Morgan fingerprint density at radius 2 is 1.56 bits per heavy atom. The van der Waals surface area contributed by atoms with Gasteiger partial charge in [0, 0.05) is 10.7 Å². The summed E-state index contributed by atoms with van der Waals surface area (Å²) < 4.78 is 0. The van der Waals surface area contributed by atoms with Crippen molar-refractivity contribution in [3.05, 3.63) is 46.3 Å². The Labute approximate surface area is 162 Å². The first-order chi connectivity index (χ1) is 12.1. The van der Waals surface area contributed by atoms with E-state index in [1.54, 1.807) is 7.05 Å². The highest BCUT2D eigenvalue weighted by Gasteiger charge is 2.11. The maximum atomic E-state index is 11.7. The van der Waals surface area contributed by atoms with E-state index in [1.165, 1.54) is 10.0 Å². The number of hydrazine groups is 2. The topological polar surface area (TPSA) is 102 Å². The Morgan fingerprint density at radius 1 is 1.00 bits per heavy atom. The molecule has 0 aliphatic heterocycles. The molecule has 0 amide bonds. The summed E-state index contributed by atoms with van der Waals surface area (Å²) in [5, 5.41) is 33.9. The van der Waals surface area contributed by atoms with Crippen LogP contribution in [0, 0.1) is 10.4 Å². The van der Waals surface area contributed by atoms with Gasteiger partial charge in [-0.2, -0.15) is 0 Å². The quantitative estimate of drug-likeness (QED) is 0.113. The van der Waals surface area contributed by atoms with Crippen LogP contribution >= 0.6 is 31.9 Å². The van der Waals surface area contributed by atoms with E-state index < -0.39 is 6.79 Å². The third-order valence-electron chi connectivity index (χ3n) is 2.83. The van der Waals surface area contributed by atoms with E-state index in [4.69, 9.17) is 0 Å². The minimum absolute atomic E-state index is 0.285. The summed E-state index contributed by atoms with van der Waals surface area (Å²) in [7, 11) is 1.57. The Bertz CT molecular complexity index is 543. The van der Waals surface area contributed by atoms with Crippen molar-refractivity contribution in [2.45, 2.75) is 6.54 Å². The smallest absolute Gasteiger partial charge is 0.292 e. The lowest BCUT2D eigenvalue weighted by atomic mass is 10.2. The highest BCUT2D eigenvalue weighted by Crippen LogP contribution is 2.03. The van der Waals surface area contributed by atoms with Crippen molar-refractivity contribution >= 4 is 31.9 Å². The molecular formula is C13H20Br2N6O4. The average molecular weight is 484 g/mol. The fraction of sp³-hybridized carbons (Fsp3) is 0.538. The van der Waals surface area contributed by atoms with Gasteiger partial charge in [-0.25, -0.2) is 0 Å². The van der Waals surface area contributed by atoms with Crippen molar-refractivity contribution in [1.82, 2.24) is 10.0 Å². The predicted molar refractivity (Wildman–Crippen MR) is 96.2 cm³/mol. The van der Waals surface area contributed by atoms with Gasteiger partial charge in [0.15, 0.2) is 0 Å². The van der Waals surface area contributed by atoms with E-state index in [0.717, 1.165) is 5.56 Å². The second kappa shape index (κ2) is 12.5. The largest absolute Gasteiger partial charge is 0.569 e. The van der Waals surface area contributed by atoms with Crippen LogP contribution in [0.5, 0.6) is 0 Å². The van der Waals surface area contributed by atoms with Gasteiger partial charge < -0.3 is 10.4 Å². The van der Waals surface area contributed by atoms with Crippen molar-refractivity contribution in [3.63, 3.8) is 0 Å². The zero-order valence-electron chi connectivity index (χ0n) is 13.7. The third kappa shape index (κ3) is 8.72. The molecule has 0 unspecified atom stereocenters. The van der Waals surface area contributed by atoms with Crippen LogP contribution in [0.25, 0.3) is 0 Å². The van der Waals surface area contributed by atoms with E-state index in [9.17, 15) is 10.4 Å². The van der Waals surface area contributed by atoms with E-state index >= 15 is 0 Å². The van der Waals surface area contributed by atoms with Crippen molar-refractivity contribution in [1.29, 1.82) is 0 Å². The molecule has 0 aromatic heterocycles. The Hall–Kier alpha value is -1.82. The molecule has 0 fully saturated rings. The van der Waals surface area contributed by atoms with Crippen LogP contribution < -0.4 is 0 Å². The Morgan fingerprint density at radius 3 is 2.12 bits per heavy atom. The first-order valence-corrected chi connectivity index (χ1v) is 9.55. The Balaban J connectivity index is 2.36. The van der Waals surface area contributed by atoms with Crippen molar-refractivity contribution in [2.75, 3.05) is 37.6 Å². The molecule has 0 N–H and O–H groups in total. The number of hydrogen-bond acceptors (Lipinski definition) is 6. The van der Waals surface area contributed by atoms with Gasteiger partial charge in [0.1, 0.15) is 6.54 Å². The van der Waals surface area contributed by atoms with E-state index in [2.05, 4.69) is 52.1 Å². The van der Waals surface area contributed by atoms with Crippen molar-refractivity contribution < 1.29 is 19.6 Å². The number of halogens is 2. The van der Waals surface area contributed by atoms with E-state index in [-0.39, 0.29) is 4.97 Å². The maximum Gasteiger partial charge on any atom is 0.292 e. The lowest BCUT2D eigenvalue weighted by molar-refractivity contribution is -0.717. The molecule has 0 aliphatic carbocycles. The second-order valence-electron chi connectivity index (χ2n) is 4.68. The highest BCUT2D eigenvalue weighted by molar-refractivity contribution is 9.09. The molecule has 25 heavy (non-hydrogen) atoms. The minimum Gasteiger partial charge on any atom is -0.569 e. The second-order valence-corrected chi connectivity index (χ2v) is 6.26. The van der Waals surface area contributed by atoms with Crippen molar-refractivity contribution in [2.24, 2.45) is 10.6 Å². The molecule has 0 bridgehead atoms. The molecule has 140 valence electrons. The first-order valence-electron chi connectivity index (χ1n) is 7.30. The number of nitrogens with zero attached hydrogens (tertiary/aromatic N) is 6. The van der Waals surface area contributed by atoms with E-state index in [1.807, 2.05) is 30.3 Å². The van der Waals surface area contributed by atoms with Gasteiger partial charge in [-0.15, -0.1) is 10.0 Å². The molecule has 0 aliphatic rings. The van der Waals surface area contributed by atoms with E-state index in [0.29, 0.717) is 35.3 Å². The number of alkyl halides is 2. The lowest BCUT2D eigenvalue weighted by Crippen LogP contribution is -2.34. The molecular weight excluding hydrogens is 464 g/mol. The average Bonchev–Trinajstić information content (AvgIpc) is 2.61. The van der Waals surface area contributed by atoms with Crippen LogP contribution in [0.1, 0.15) is 5.56 Å². The zero-order chi connectivity index (χ0) is 18.5. The van der Waals surface area contributed by atoms with Gasteiger partial charge >= 0.3 is 0 Å². The maximum absolute atomic E-state index is 11.7. The Kier molecular flexibility index (Phi) is 10.6. The third-order valence-corrected chi connectivity index (χ3v) is 3.54. The molecule has 0 radical (unpaired) electrons. The minimum atomic E-state index is -0.465.